The van der Waals surface area contributed by atoms with E-state index < -0.39 is 0 Å². The summed E-state index contributed by atoms with van der Waals surface area (Å²) in [6.07, 6.45) is 5.27. The summed E-state index contributed by atoms with van der Waals surface area (Å²) in [5.41, 5.74) is 0. The maximum atomic E-state index is 5.49. The van der Waals surface area contributed by atoms with Crippen molar-refractivity contribution in [1.29, 1.82) is 0 Å². The quantitative estimate of drug-likeness (QED) is 0.709. The van der Waals surface area contributed by atoms with Gasteiger partial charge in [0.05, 0.1) is 13.2 Å². The second-order valence-electron chi connectivity index (χ2n) is 3.97. The zero-order valence-corrected chi connectivity index (χ0v) is 9.01. The standard InChI is InChI=1S/C11H23NO/c1-3-5-10(6-4-2)11-9-13-8-7-12-11/h10-12H,3-9H2,1-2H3. The van der Waals surface area contributed by atoms with E-state index in [0.29, 0.717) is 6.04 Å². The Bertz CT molecular complexity index is 115. The molecule has 1 aliphatic heterocycles. The first-order chi connectivity index (χ1) is 6.38. The molecule has 1 heterocycles. The van der Waals surface area contributed by atoms with Crippen molar-refractivity contribution < 1.29 is 4.74 Å². The number of hydrogen-bond donors (Lipinski definition) is 1. The molecule has 1 N–H and O–H groups in total. The minimum absolute atomic E-state index is 0.619. The molecule has 1 saturated heterocycles. The molecular formula is C11H23NO. The van der Waals surface area contributed by atoms with Crippen LogP contribution >= 0.6 is 0 Å². The van der Waals surface area contributed by atoms with Gasteiger partial charge in [-0.05, 0) is 18.8 Å². The van der Waals surface area contributed by atoms with Crippen molar-refractivity contribution in [2.45, 2.75) is 45.6 Å². The topological polar surface area (TPSA) is 21.3 Å². The van der Waals surface area contributed by atoms with Crippen LogP contribution in [0.15, 0.2) is 0 Å². The zero-order valence-electron chi connectivity index (χ0n) is 9.01. The highest BCUT2D eigenvalue weighted by Gasteiger charge is 2.21. The molecule has 0 aromatic carbocycles. The van der Waals surface area contributed by atoms with Crippen LogP contribution in [0.5, 0.6) is 0 Å². The molecule has 0 saturated carbocycles. The van der Waals surface area contributed by atoms with E-state index in [-0.39, 0.29) is 0 Å². The lowest BCUT2D eigenvalue weighted by Gasteiger charge is -2.31. The molecule has 1 rings (SSSR count). The van der Waals surface area contributed by atoms with Gasteiger partial charge >= 0.3 is 0 Å². The largest absolute Gasteiger partial charge is 0.379 e. The monoisotopic (exact) mass is 185 g/mol. The third kappa shape index (κ3) is 3.65. The predicted octanol–water partition coefficient (Wildman–Crippen LogP) is 2.19. The van der Waals surface area contributed by atoms with Crippen molar-refractivity contribution in [3.63, 3.8) is 0 Å². The number of ether oxygens (including phenoxy) is 1. The molecule has 78 valence electrons. The molecule has 0 aromatic heterocycles. The van der Waals surface area contributed by atoms with Gasteiger partial charge in [0.1, 0.15) is 0 Å². The Labute approximate surface area is 82.0 Å². The lowest BCUT2D eigenvalue weighted by atomic mass is 9.90. The molecule has 1 aliphatic rings. The minimum atomic E-state index is 0.619. The fourth-order valence-electron chi connectivity index (χ4n) is 2.18. The molecule has 1 fully saturated rings. The average molecular weight is 185 g/mol. The summed E-state index contributed by atoms with van der Waals surface area (Å²) < 4.78 is 5.49. The van der Waals surface area contributed by atoms with Crippen molar-refractivity contribution in [3.05, 3.63) is 0 Å². The normalized spacial score (nSPS) is 23.8. The summed E-state index contributed by atoms with van der Waals surface area (Å²) in [7, 11) is 0. The Morgan fingerprint density at radius 1 is 1.31 bits per heavy atom. The van der Waals surface area contributed by atoms with E-state index in [2.05, 4.69) is 19.2 Å². The molecule has 0 bridgehead atoms. The Morgan fingerprint density at radius 2 is 2.00 bits per heavy atom. The van der Waals surface area contributed by atoms with Crippen LogP contribution in [0.25, 0.3) is 0 Å². The highest BCUT2D eigenvalue weighted by atomic mass is 16.5. The van der Waals surface area contributed by atoms with Gasteiger partial charge in [-0.3, -0.25) is 0 Å². The average Bonchev–Trinajstić information content (AvgIpc) is 2.19. The summed E-state index contributed by atoms with van der Waals surface area (Å²) in [5.74, 6) is 0.829. The van der Waals surface area contributed by atoms with Crippen LogP contribution in [0.2, 0.25) is 0 Å². The van der Waals surface area contributed by atoms with E-state index in [1.807, 2.05) is 0 Å². The van der Waals surface area contributed by atoms with E-state index >= 15 is 0 Å². The summed E-state index contributed by atoms with van der Waals surface area (Å²) in [5, 5.41) is 3.56. The van der Waals surface area contributed by atoms with Crippen LogP contribution in [0.1, 0.15) is 39.5 Å². The summed E-state index contributed by atoms with van der Waals surface area (Å²) >= 11 is 0. The number of rotatable bonds is 5. The fourth-order valence-corrected chi connectivity index (χ4v) is 2.18. The van der Waals surface area contributed by atoms with Crippen LogP contribution < -0.4 is 5.32 Å². The maximum absolute atomic E-state index is 5.49. The van der Waals surface area contributed by atoms with E-state index in [1.165, 1.54) is 25.7 Å². The summed E-state index contributed by atoms with van der Waals surface area (Å²) in [6, 6.07) is 0.619. The molecule has 13 heavy (non-hydrogen) atoms. The van der Waals surface area contributed by atoms with Gasteiger partial charge in [0.25, 0.3) is 0 Å². The lowest BCUT2D eigenvalue weighted by molar-refractivity contribution is 0.0528. The van der Waals surface area contributed by atoms with Crippen LogP contribution in [0.3, 0.4) is 0 Å². The van der Waals surface area contributed by atoms with Gasteiger partial charge in [0, 0.05) is 12.6 Å². The second-order valence-corrected chi connectivity index (χ2v) is 3.97. The second kappa shape index (κ2) is 6.39. The van der Waals surface area contributed by atoms with Gasteiger partial charge in [-0.2, -0.15) is 0 Å². The summed E-state index contributed by atoms with van der Waals surface area (Å²) in [4.78, 5) is 0. The zero-order chi connectivity index (χ0) is 9.52. The van der Waals surface area contributed by atoms with Crippen LogP contribution in [0.4, 0.5) is 0 Å². The number of morpholine rings is 1. The maximum Gasteiger partial charge on any atom is 0.0622 e. The van der Waals surface area contributed by atoms with Gasteiger partial charge in [-0.15, -0.1) is 0 Å². The van der Waals surface area contributed by atoms with Crippen molar-refractivity contribution in [1.82, 2.24) is 5.32 Å². The molecule has 0 spiro atoms. The van der Waals surface area contributed by atoms with E-state index in [9.17, 15) is 0 Å². The lowest BCUT2D eigenvalue weighted by Crippen LogP contribution is -2.46. The number of nitrogens with one attached hydrogen (secondary N) is 1. The molecule has 1 atom stereocenters. The van der Waals surface area contributed by atoms with Gasteiger partial charge in [-0.25, -0.2) is 0 Å². The van der Waals surface area contributed by atoms with E-state index in [4.69, 9.17) is 4.74 Å². The third-order valence-corrected chi connectivity index (χ3v) is 2.84. The Morgan fingerprint density at radius 3 is 2.46 bits per heavy atom. The molecular weight excluding hydrogens is 162 g/mol. The molecule has 0 radical (unpaired) electrons. The fraction of sp³-hybridized carbons (Fsp3) is 1.00. The van der Waals surface area contributed by atoms with Crippen LogP contribution in [-0.2, 0) is 4.74 Å². The van der Waals surface area contributed by atoms with Gasteiger partial charge < -0.3 is 10.1 Å². The molecule has 0 aromatic rings. The van der Waals surface area contributed by atoms with E-state index in [1.54, 1.807) is 0 Å². The Balaban J connectivity index is 2.32. The van der Waals surface area contributed by atoms with Gasteiger partial charge in [0.15, 0.2) is 0 Å². The molecule has 2 heteroatoms. The molecule has 2 nitrogen and oxygen atoms in total. The van der Waals surface area contributed by atoms with Crippen molar-refractivity contribution >= 4 is 0 Å². The van der Waals surface area contributed by atoms with E-state index in [0.717, 1.165) is 25.7 Å². The SMILES string of the molecule is CCCC(CCC)C1COCCN1. The van der Waals surface area contributed by atoms with Crippen LogP contribution in [0, 0.1) is 5.92 Å². The Hall–Kier alpha value is -0.0800. The van der Waals surface area contributed by atoms with Crippen molar-refractivity contribution in [2.75, 3.05) is 19.8 Å². The predicted molar refractivity (Wildman–Crippen MR) is 55.9 cm³/mol. The minimum Gasteiger partial charge on any atom is -0.379 e. The smallest absolute Gasteiger partial charge is 0.0622 e. The molecule has 0 amide bonds. The first kappa shape index (κ1) is 11.0. The highest BCUT2D eigenvalue weighted by Crippen LogP contribution is 2.19. The third-order valence-electron chi connectivity index (χ3n) is 2.84. The van der Waals surface area contributed by atoms with Crippen molar-refractivity contribution in [2.24, 2.45) is 5.92 Å². The van der Waals surface area contributed by atoms with Crippen LogP contribution in [-0.4, -0.2) is 25.8 Å². The molecule has 0 aliphatic carbocycles. The summed E-state index contributed by atoms with van der Waals surface area (Å²) in [6.45, 7) is 7.39. The molecule has 1 unspecified atom stereocenters. The first-order valence-corrected chi connectivity index (χ1v) is 5.69. The van der Waals surface area contributed by atoms with Gasteiger partial charge in [0.2, 0.25) is 0 Å². The number of hydrogen-bond acceptors (Lipinski definition) is 2. The van der Waals surface area contributed by atoms with Gasteiger partial charge in [-0.1, -0.05) is 26.7 Å². The highest BCUT2D eigenvalue weighted by molar-refractivity contribution is 4.78. The van der Waals surface area contributed by atoms with Crippen molar-refractivity contribution in [3.8, 4) is 0 Å². The Kier molecular flexibility index (Phi) is 5.40. The first-order valence-electron chi connectivity index (χ1n) is 5.69.